The topological polar surface area (TPSA) is 77.5 Å². The van der Waals surface area contributed by atoms with Crippen LogP contribution in [0.5, 0.6) is 5.75 Å². The molecule has 0 bridgehead atoms. The smallest absolute Gasteiger partial charge is 0.433 e. The molecule has 11 heteroatoms. The van der Waals surface area contributed by atoms with Crippen LogP contribution in [0.1, 0.15) is 21.7 Å². The van der Waals surface area contributed by atoms with Crippen LogP contribution in [0.3, 0.4) is 0 Å². The van der Waals surface area contributed by atoms with Gasteiger partial charge in [0.15, 0.2) is 11.3 Å². The van der Waals surface area contributed by atoms with E-state index in [1.54, 1.807) is 55.3 Å². The SMILES string of the molecule is COc1ccc(-c2cc(C(F)(F)F)n3ncc(C(=O)N(C)Cc4ccn(C)n4)c3n2)cc1. The molecule has 4 aromatic rings. The molecule has 0 spiro atoms. The number of amides is 1. The molecular weight excluding hydrogens is 425 g/mol. The molecular formula is C21H19F3N6O2. The third kappa shape index (κ3) is 4.01. The first-order valence-corrected chi connectivity index (χ1v) is 9.52. The molecule has 3 aromatic heterocycles. The number of alkyl halides is 3. The Labute approximate surface area is 180 Å². The van der Waals surface area contributed by atoms with Gasteiger partial charge in [0.1, 0.15) is 11.3 Å². The van der Waals surface area contributed by atoms with Gasteiger partial charge in [0.2, 0.25) is 0 Å². The Balaban J connectivity index is 1.79. The zero-order chi connectivity index (χ0) is 23.0. The largest absolute Gasteiger partial charge is 0.497 e. The Morgan fingerprint density at radius 3 is 2.50 bits per heavy atom. The number of carbonyl (C=O) groups excluding carboxylic acids is 1. The maximum absolute atomic E-state index is 13.8. The minimum atomic E-state index is -4.70. The first kappa shape index (κ1) is 21.3. The van der Waals surface area contributed by atoms with E-state index >= 15 is 0 Å². The van der Waals surface area contributed by atoms with Gasteiger partial charge in [-0.3, -0.25) is 9.48 Å². The maximum Gasteiger partial charge on any atom is 0.433 e. The van der Waals surface area contributed by atoms with Crippen LogP contribution in [-0.4, -0.2) is 49.3 Å². The Bertz CT molecular complexity index is 1280. The summed E-state index contributed by atoms with van der Waals surface area (Å²) in [6.07, 6.45) is -1.86. The van der Waals surface area contributed by atoms with Gasteiger partial charge in [-0.1, -0.05) is 0 Å². The lowest BCUT2D eigenvalue weighted by atomic mass is 10.1. The summed E-state index contributed by atoms with van der Waals surface area (Å²) in [6.45, 7) is 0.182. The number of rotatable bonds is 5. The fourth-order valence-corrected chi connectivity index (χ4v) is 3.29. The minimum Gasteiger partial charge on any atom is -0.497 e. The molecule has 4 rings (SSSR count). The number of aromatic nitrogens is 5. The molecule has 0 N–H and O–H groups in total. The molecule has 0 saturated heterocycles. The lowest BCUT2D eigenvalue weighted by Gasteiger charge is -2.15. The van der Waals surface area contributed by atoms with Gasteiger partial charge >= 0.3 is 6.18 Å². The van der Waals surface area contributed by atoms with Gasteiger partial charge in [-0.15, -0.1) is 0 Å². The van der Waals surface area contributed by atoms with Gasteiger partial charge < -0.3 is 9.64 Å². The monoisotopic (exact) mass is 444 g/mol. The van der Waals surface area contributed by atoms with E-state index < -0.39 is 17.8 Å². The van der Waals surface area contributed by atoms with Gasteiger partial charge in [-0.25, -0.2) is 9.50 Å². The zero-order valence-corrected chi connectivity index (χ0v) is 17.5. The Hall–Kier alpha value is -3.89. The van der Waals surface area contributed by atoms with Gasteiger partial charge in [-0.05, 0) is 36.4 Å². The predicted octanol–water partition coefficient (Wildman–Crippen LogP) is 3.43. The number of ether oxygens (including phenoxy) is 1. The summed E-state index contributed by atoms with van der Waals surface area (Å²) in [5, 5.41) is 8.03. The highest BCUT2D eigenvalue weighted by Crippen LogP contribution is 2.33. The summed E-state index contributed by atoms with van der Waals surface area (Å²) < 4.78 is 48.7. The van der Waals surface area contributed by atoms with E-state index in [0.717, 1.165) is 12.3 Å². The second kappa shape index (κ2) is 7.98. The van der Waals surface area contributed by atoms with Crippen LogP contribution >= 0.6 is 0 Å². The lowest BCUT2D eigenvalue weighted by molar-refractivity contribution is -0.142. The van der Waals surface area contributed by atoms with Crippen LogP contribution in [0.4, 0.5) is 13.2 Å². The average Bonchev–Trinajstić information content (AvgIpc) is 3.37. The number of carbonyl (C=O) groups is 1. The highest BCUT2D eigenvalue weighted by atomic mass is 19.4. The van der Waals surface area contributed by atoms with Crippen molar-refractivity contribution in [2.24, 2.45) is 7.05 Å². The van der Waals surface area contributed by atoms with Crippen LogP contribution < -0.4 is 4.74 Å². The zero-order valence-electron chi connectivity index (χ0n) is 17.5. The van der Waals surface area contributed by atoms with Crippen LogP contribution in [0, 0.1) is 0 Å². The van der Waals surface area contributed by atoms with E-state index in [-0.39, 0.29) is 23.4 Å². The van der Waals surface area contributed by atoms with Crippen molar-refractivity contribution in [3.05, 3.63) is 65.7 Å². The van der Waals surface area contributed by atoms with Crippen molar-refractivity contribution < 1.29 is 22.7 Å². The van der Waals surface area contributed by atoms with Gasteiger partial charge in [0.05, 0.1) is 31.2 Å². The molecule has 0 saturated carbocycles. The van der Waals surface area contributed by atoms with Crippen molar-refractivity contribution in [2.45, 2.75) is 12.7 Å². The third-order valence-electron chi connectivity index (χ3n) is 4.89. The fraction of sp³-hybridized carbons (Fsp3) is 0.238. The second-order valence-corrected chi connectivity index (χ2v) is 7.19. The summed E-state index contributed by atoms with van der Waals surface area (Å²) in [4.78, 5) is 18.7. The second-order valence-electron chi connectivity index (χ2n) is 7.19. The van der Waals surface area contributed by atoms with Crippen LogP contribution in [0.2, 0.25) is 0 Å². The summed E-state index contributed by atoms with van der Waals surface area (Å²) in [6, 6.07) is 9.11. The van der Waals surface area contributed by atoms with Crippen molar-refractivity contribution in [2.75, 3.05) is 14.2 Å². The van der Waals surface area contributed by atoms with Crippen LogP contribution in [-0.2, 0) is 19.8 Å². The van der Waals surface area contributed by atoms with Crippen molar-refractivity contribution in [1.82, 2.24) is 29.3 Å². The number of hydrogen-bond donors (Lipinski definition) is 0. The number of aryl methyl sites for hydroxylation is 1. The number of hydrogen-bond acceptors (Lipinski definition) is 5. The number of benzene rings is 1. The van der Waals surface area contributed by atoms with E-state index in [0.29, 0.717) is 21.5 Å². The lowest BCUT2D eigenvalue weighted by Crippen LogP contribution is -2.26. The molecule has 0 aliphatic carbocycles. The normalized spacial score (nSPS) is 11.7. The van der Waals surface area contributed by atoms with Crippen LogP contribution in [0.25, 0.3) is 16.9 Å². The molecule has 0 fully saturated rings. The van der Waals surface area contributed by atoms with Gasteiger partial charge in [0.25, 0.3) is 5.91 Å². The van der Waals surface area contributed by atoms with E-state index in [9.17, 15) is 18.0 Å². The summed E-state index contributed by atoms with van der Waals surface area (Å²) in [5.74, 6) is 0.0420. The molecule has 3 heterocycles. The number of methoxy groups -OCH3 is 1. The highest BCUT2D eigenvalue weighted by molar-refractivity contribution is 5.99. The summed E-state index contributed by atoms with van der Waals surface area (Å²) in [5.41, 5.74) is -0.0927. The first-order chi connectivity index (χ1) is 15.2. The van der Waals surface area contributed by atoms with E-state index in [1.807, 2.05) is 0 Å². The van der Waals surface area contributed by atoms with Crippen LogP contribution in [0.15, 0.2) is 48.8 Å². The molecule has 8 nitrogen and oxygen atoms in total. The average molecular weight is 444 g/mol. The van der Waals surface area contributed by atoms with Gasteiger partial charge in [0, 0.05) is 25.9 Å². The Morgan fingerprint density at radius 2 is 1.91 bits per heavy atom. The van der Waals surface area contributed by atoms with Crippen molar-refractivity contribution >= 4 is 11.6 Å². The quantitative estimate of drug-likeness (QED) is 0.471. The highest BCUT2D eigenvalue weighted by Gasteiger charge is 2.36. The molecule has 0 atom stereocenters. The summed E-state index contributed by atoms with van der Waals surface area (Å²) in [7, 11) is 4.78. The van der Waals surface area contributed by atoms with E-state index in [4.69, 9.17) is 4.74 Å². The molecule has 166 valence electrons. The molecule has 1 aromatic carbocycles. The first-order valence-electron chi connectivity index (χ1n) is 9.52. The maximum atomic E-state index is 13.8. The molecule has 1 amide bonds. The van der Waals surface area contributed by atoms with E-state index in [2.05, 4.69) is 15.2 Å². The number of fused-ring (bicyclic) bond motifs is 1. The molecule has 32 heavy (non-hydrogen) atoms. The number of halogens is 3. The molecule has 0 unspecified atom stereocenters. The summed E-state index contributed by atoms with van der Waals surface area (Å²) >= 11 is 0. The van der Waals surface area contributed by atoms with E-state index in [1.165, 1.54) is 12.0 Å². The fourth-order valence-electron chi connectivity index (χ4n) is 3.29. The standard InChI is InChI=1S/C21H19F3N6O2/c1-28(12-14-8-9-29(2)27-14)20(31)16-11-25-30-18(21(22,23)24)10-17(26-19(16)30)13-4-6-15(32-3)7-5-13/h4-11H,12H2,1-3H3. The van der Waals surface area contributed by atoms with Gasteiger partial charge in [-0.2, -0.15) is 23.4 Å². The van der Waals surface area contributed by atoms with Crippen molar-refractivity contribution in [3.63, 3.8) is 0 Å². The molecule has 0 aliphatic rings. The third-order valence-corrected chi connectivity index (χ3v) is 4.89. The number of nitrogens with zero attached hydrogens (tertiary/aromatic N) is 6. The Morgan fingerprint density at radius 1 is 1.19 bits per heavy atom. The van der Waals surface area contributed by atoms with Crippen molar-refractivity contribution in [3.8, 4) is 17.0 Å². The molecule has 0 radical (unpaired) electrons. The van der Waals surface area contributed by atoms with Crippen molar-refractivity contribution in [1.29, 1.82) is 0 Å². The minimum absolute atomic E-state index is 0.0377. The predicted molar refractivity (Wildman–Crippen MR) is 109 cm³/mol. The molecule has 0 aliphatic heterocycles. The Kier molecular flexibility index (Phi) is 5.33.